The lowest BCUT2D eigenvalue weighted by Crippen LogP contribution is -2.50. The van der Waals surface area contributed by atoms with Crippen molar-refractivity contribution in [3.63, 3.8) is 0 Å². The summed E-state index contributed by atoms with van der Waals surface area (Å²) >= 11 is 1.61. The number of amides is 3. The first-order valence-electron chi connectivity index (χ1n) is 10.3. The van der Waals surface area contributed by atoms with Crippen molar-refractivity contribution < 1.29 is 19.1 Å². The second kappa shape index (κ2) is 9.65. The molecule has 1 aliphatic heterocycles. The number of thioether (sulfide) groups is 1. The van der Waals surface area contributed by atoms with Crippen molar-refractivity contribution >= 4 is 29.5 Å². The summed E-state index contributed by atoms with van der Waals surface area (Å²) in [5.74, 6) is 0.308. The number of imide groups is 1. The van der Waals surface area contributed by atoms with E-state index in [1.165, 1.54) is 4.90 Å². The Morgan fingerprint density at radius 3 is 2.41 bits per heavy atom. The van der Waals surface area contributed by atoms with E-state index in [0.717, 1.165) is 31.2 Å². The Labute approximate surface area is 176 Å². The van der Waals surface area contributed by atoms with Crippen LogP contribution in [0, 0.1) is 11.8 Å². The van der Waals surface area contributed by atoms with E-state index in [0.29, 0.717) is 17.9 Å². The monoisotopic (exact) mass is 418 g/mol. The van der Waals surface area contributed by atoms with Gasteiger partial charge in [-0.15, -0.1) is 0 Å². The van der Waals surface area contributed by atoms with Gasteiger partial charge in [0.1, 0.15) is 11.8 Å². The van der Waals surface area contributed by atoms with Gasteiger partial charge < -0.3 is 10.1 Å². The summed E-state index contributed by atoms with van der Waals surface area (Å²) in [6, 6.07) is 6.46. The van der Waals surface area contributed by atoms with E-state index in [9.17, 15) is 14.4 Å². The summed E-state index contributed by atoms with van der Waals surface area (Å²) in [5, 5.41) is 3.00. The lowest BCUT2D eigenvalue weighted by molar-refractivity contribution is -0.148. The zero-order chi connectivity index (χ0) is 21.0. The molecule has 0 aromatic heterocycles. The maximum absolute atomic E-state index is 13.2. The van der Waals surface area contributed by atoms with Gasteiger partial charge in [-0.25, -0.2) is 0 Å². The molecule has 3 amide bonds. The van der Waals surface area contributed by atoms with Crippen LogP contribution in [0.1, 0.15) is 50.6 Å². The summed E-state index contributed by atoms with van der Waals surface area (Å²) in [5.41, 5.74) is 0.861. The van der Waals surface area contributed by atoms with Gasteiger partial charge >= 0.3 is 0 Å². The minimum atomic E-state index is -0.759. The van der Waals surface area contributed by atoms with Crippen LogP contribution in [-0.2, 0) is 14.4 Å². The highest BCUT2D eigenvalue weighted by molar-refractivity contribution is 7.98. The number of para-hydroxylation sites is 1. The number of carbonyl (C=O) groups is 3. The number of fused-ring (bicyclic) bond motifs is 1. The summed E-state index contributed by atoms with van der Waals surface area (Å²) in [4.78, 5) is 40.5. The molecule has 1 aromatic rings. The fourth-order valence-corrected chi connectivity index (χ4v) is 4.97. The topological polar surface area (TPSA) is 75.7 Å². The van der Waals surface area contributed by atoms with Crippen LogP contribution in [-0.4, -0.2) is 47.8 Å². The van der Waals surface area contributed by atoms with Gasteiger partial charge in [-0.3, -0.25) is 19.3 Å². The number of nitrogens with one attached hydrogen (secondary N) is 1. The second-order valence-electron chi connectivity index (χ2n) is 7.81. The molecule has 6 nitrogen and oxygen atoms in total. The van der Waals surface area contributed by atoms with Gasteiger partial charge in [-0.2, -0.15) is 11.8 Å². The number of rotatable bonds is 8. The van der Waals surface area contributed by atoms with Crippen LogP contribution in [0.4, 0.5) is 0 Å². The molecule has 2 fully saturated rings. The Morgan fingerprint density at radius 1 is 1.21 bits per heavy atom. The van der Waals surface area contributed by atoms with Crippen molar-refractivity contribution in [1.29, 1.82) is 0 Å². The van der Waals surface area contributed by atoms with Gasteiger partial charge in [0.2, 0.25) is 17.7 Å². The molecule has 29 heavy (non-hydrogen) atoms. The van der Waals surface area contributed by atoms with Crippen molar-refractivity contribution in [2.24, 2.45) is 11.8 Å². The average molecular weight is 419 g/mol. The SMILES string of the molecule is COc1ccccc1[C@H](C)NC(=O)[C@H](CCSC)N1C(=O)[C@H]2CCCC[C@H]2C1=O. The highest BCUT2D eigenvalue weighted by Gasteiger charge is 2.51. The number of nitrogens with zero attached hydrogens (tertiary/aromatic N) is 1. The van der Waals surface area contributed by atoms with Crippen LogP contribution >= 0.6 is 11.8 Å². The zero-order valence-electron chi connectivity index (χ0n) is 17.3. The Kier molecular flexibility index (Phi) is 7.22. The van der Waals surface area contributed by atoms with Crippen molar-refractivity contribution in [1.82, 2.24) is 10.2 Å². The highest BCUT2D eigenvalue weighted by Crippen LogP contribution is 2.39. The Morgan fingerprint density at radius 2 is 1.83 bits per heavy atom. The molecular formula is C22H30N2O4S. The van der Waals surface area contributed by atoms with E-state index in [1.807, 2.05) is 37.4 Å². The number of ether oxygens (including phenoxy) is 1. The molecule has 1 saturated carbocycles. The van der Waals surface area contributed by atoms with E-state index >= 15 is 0 Å². The number of likely N-dealkylation sites (tertiary alicyclic amines) is 1. The van der Waals surface area contributed by atoms with E-state index < -0.39 is 6.04 Å². The van der Waals surface area contributed by atoms with Gasteiger partial charge in [0, 0.05) is 5.56 Å². The van der Waals surface area contributed by atoms with Crippen LogP contribution in [0.25, 0.3) is 0 Å². The molecular weight excluding hydrogens is 388 g/mol. The zero-order valence-corrected chi connectivity index (χ0v) is 18.2. The highest BCUT2D eigenvalue weighted by atomic mass is 32.2. The fourth-order valence-electron chi connectivity index (χ4n) is 4.51. The van der Waals surface area contributed by atoms with E-state index in [-0.39, 0.29) is 35.6 Å². The Bertz CT molecular complexity index is 745. The molecule has 0 unspecified atom stereocenters. The van der Waals surface area contributed by atoms with Crippen molar-refractivity contribution in [3.8, 4) is 5.75 Å². The molecule has 0 bridgehead atoms. The predicted octanol–water partition coefficient (Wildman–Crippen LogP) is 3.17. The average Bonchev–Trinajstić information content (AvgIpc) is 2.99. The van der Waals surface area contributed by atoms with Crippen LogP contribution in [0.2, 0.25) is 0 Å². The molecule has 1 heterocycles. The molecule has 158 valence electrons. The number of hydrogen-bond acceptors (Lipinski definition) is 5. The van der Waals surface area contributed by atoms with Gasteiger partial charge in [-0.1, -0.05) is 31.0 Å². The molecule has 1 N–H and O–H groups in total. The Balaban J connectivity index is 1.80. The van der Waals surface area contributed by atoms with Crippen molar-refractivity contribution in [3.05, 3.63) is 29.8 Å². The number of benzene rings is 1. The van der Waals surface area contributed by atoms with Crippen molar-refractivity contribution in [2.75, 3.05) is 19.1 Å². The molecule has 3 rings (SSSR count). The van der Waals surface area contributed by atoms with Crippen LogP contribution < -0.4 is 10.1 Å². The van der Waals surface area contributed by atoms with E-state index in [1.54, 1.807) is 18.9 Å². The smallest absolute Gasteiger partial charge is 0.243 e. The number of carbonyl (C=O) groups excluding carboxylic acids is 3. The molecule has 2 aliphatic rings. The first-order chi connectivity index (χ1) is 14.0. The molecule has 0 spiro atoms. The van der Waals surface area contributed by atoms with Gasteiger partial charge in [0.05, 0.1) is 25.0 Å². The fraction of sp³-hybridized carbons (Fsp3) is 0.591. The molecule has 0 radical (unpaired) electrons. The summed E-state index contributed by atoms with van der Waals surface area (Å²) in [7, 11) is 1.60. The third-order valence-electron chi connectivity index (χ3n) is 6.05. The summed E-state index contributed by atoms with van der Waals surface area (Å²) in [6.45, 7) is 1.88. The number of hydrogen-bond donors (Lipinski definition) is 1. The predicted molar refractivity (Wildman–Crippen MR) is 114 cm³/mol. The second-order valence-corrected chi connectivity index (χ2v) is 8.80. The largest absolute Gasteiger partial charge is 0.496 e. The maximum atomic E-state index is 13.2. The lowest BCUT2D eigenvalue weighted by Gasteiger charge is -2.27. The molecule has 1 aliphatic carbocycles. The van der Waals surface area contributed by atoms with E-state index in [4.69, 9.17) is 4.74 Å². The minimum Gasteiger partial charge on any atom is -0.496 e. The summed E-state index contributed by atoms with van der Waals surface area (Å²) < 4.78 is 5.40. The third kappa shape index (κ3) is 4.44. The molecule has 1 saturated heterocycles. The number of methoxy groups -OCH3 is 1. The summed E-state index contributed by atoms with van der Waals surface area (Å²) in [6.07, 6.45) is 5.86. The minimum absolute atomic E-state index is 0.161. The van der Waals surface area contributed by atoms with Gasteiger partial charge in [0.25, 0.3) is 0 Å². The lowest BCUT2D eigenvalue weighted by atomic mass is 9.81. The van der Waals surface area contributed by atoms with Crippen LogP contribution in [0.15, 0.2) is 24.3 Å². The standard InChI is InChI=1S/C22H30N2O4S/c1-14(15-8-6-7-11-19(15)28-2)23-20(25)18(12-13-29-3)24-21(26)16-9-4-5-10-17(16)22(24)27/h6-8,11,14,16-18H,4-5,9-10,12-13H2,1-3H3,(H,23,25)/t14-,16-,17+,18-/m0/s1. The molecule has 4 atom stereocenters. The van der Waals surface area contributed by atoms with Crippen molar-refractivity contribution in [2.45, 2.75) is 51.1 Å². The maximum Gasteiger partial charge on any atom is 0.243 e. The van der Waals surface area contributed by atoms with E-state index in [2.05, 4.69) is 5.32 Å². The molecule has 1 aromatic carbocycles. The molecule has 7 heteroatoms. The first kappa shape index (κ1) is 21.7. The van der Waals surface area contributed by atoms with Crippen LogP contribution in [0.5, 0.6) is 5.75 Å². The van der Waals surface area contributed by atoms with Gasteiger partial charge in [0.15, 0.2) is 0 Å². The first-order valence-corrected chi connectivity index (χ1v) is 11.7. The Hall–Kier alpha value is -2.02. The van der Waals surface area contributed by atoms with Crippen LogP contribution in [0.3, 0.4) is 0 Å². The quantitative estimate of drug-likeness (QED) is 0.657. The normalized spacial score (nSPS) is 23.5. The third-order valence-corrected chi connectivity index (χ3v) is 6.69. The van der Waals surface area contributed by atoms with Gasteiger partial charge in [-0.05, 0) is 44.3 Å².